The minimum atomic E-state index is -0.147. The molecule has 0 spiro atoms. The van der Waals surface area contributed by atoms with Crippen molar-refractivity contribution in [2.75, 3.05) is 19.7 Å². The number of cyclic esters (lactones) is 1. The normalized spacial score (nSPS) is 14.0. The van der Waals surface area contributed by atoms with E-state index in [1.165, 1.54) is 11.1 Å². The summed E-state index contributed by atoms with van der Waals surface area (Å²) in [6, 6.07) is 20.8. The van der Waals surface area contributed by atoms with Crippen LogP contribution in [0.1, 0.15) is 0 Å². The lowest BCUT2D eigenvalue weighted by Gasteiger charge is -2.10. The highest BCUT2D eigenvalue weighted by Gasteiger charge is 2.05. The van der Waals surface area contributed by atoms with Gasteiger partial charge in [-0.25, -0.2) is 0 Å². The maximum atomic E-state index is 10.2. The highest BCUT2D eigenvalue weighted by molar-refractivity contribution is 5.72. The van der Waals surface area contributed by atoms with Crippen LogP contribution < -0.4 is 5.32 Å². The SMILES string of the molecule is O=C1CNCCO1.c1ccc(-c2ccccc2)cc1. The molecular weight excluding hydrogens is 238 g/mol. The zero-order valence-electron chi connectivity index (χ0n) is 10.7. The lowest BCUT2D eigenvalue weighted by molar-refractivity contribution is -0.144. The van der Waals surface area contributed by atoms with Crippen LogP contribution in [-0.2, 0) is 9.53 Å². The van der Waals surface area contributed by atoms with E-state index in [1.54, 1.807) is 0 Å². The average Bonchev–Trinajstić information content (AvgIpc) is 2.51. The van der Waals surface area contributed by atoms with Crippen LogP contribution in [0.25, 0.3) is 11.1 Å². The van der Waals surface area contributed by atoms with Gasteiger partial charge in [-0.1, -0.05) is 60.7 Å². The Hall–Kier alpha value is -2.13. The minimum Gasteiger partial charge on any atom is -0.463 e. The van der Waals surface area contributed by atoms with E-state index >= 15 is 0 Å². The number of benzene rings is 2. The quantitative estimate of drug-likeness (QED) is 0.796. The molecule has 3 heteroatoms. The van der Waals surface area contributed by atoms with Gasteiger partial charge in [0, 0.05) is 6.54 Å². The molecule has 0 saturated carbocycles. The molecule has 3 nitrogen and oxygen atoms in total. The van der Waals surface area contributed by atoms with Gasteiger partial charge in [-0.3, -0.25) is 4.79 Å². The van der Waals surface area contributed by atoms with Gasteiger partial charge in [0.1, 0.15) is 6.61 Å². The van der Waals surface area contributed by atoms with Gasteiger partial charge in [0.15, 0.2) is 0 Å². The van der Waals surface area contributed by atoms with E-state index in [0.717, 1.165) is 6.54 Å². The molecule has 0 amide bonds. The topological polar surface area (TPSA) is 38.3 Å². The third-order valence-corrected chi connectivity index (χ3v) is 2.69. The molecule has 0 radical (unpaired) electrons. The number of morpholine rings is 1. The maximum absolute atomic E-state index is 10.2. The first-order chi connectivity index (χ1) is 9.36. The Morgan fingerprint density at radius 2 is 1.37 bits per heavy atom. The summed E-state index contributed by atoms with van der Waals surface area (Å²) >= 11 is 0. The van der Waals surface area contributed by atoms with E-state index < -0.39 is 0 Å². The van der Waals surface area contributed by atoms with E-state index in [0.29, 0.717) is 13.2 Å². The van der Waals surface area contributed by atoms with Crippen LogP contribution in [0.5, 0.6) is 0 Å². The molecule has 3 rings (SSSR count). The fourth-order valence-corrected chi connectivity index (χ4v) is 1.74. The Labute approximate surface area is 113 Å². The summed E-state index contributed by atoms with van der Waals surface area (Å²) in [6.07, 6.45) is 0. The standard InChI is InChI=1S/C12H10.C4H7NO2/c1-3-7-11(8-4-1)12-9-5-2-6-10-12;6-4-3-5-1-2-7-4/h1-10H;5H,1-3H2. The molecule has 2 aromatic rings. The Kier molecular flexibility index (Phi) is 5.14. The van der Waals surface area contributed by atoms with Crippen molar-refractivity contribution in [3.8, 4) is 11.1 Å². The predicted molar refractivity (Wildman–Crippen MR) is 75.7 cm³/mol. The van der Waals surface area contributed by atoms with Gasteiger partial charge in [0.05, 0.1) is 6.54 Å². The summed E-state index contributed by atoms with van der Waals surface area (Å²) in [5.41, 5.74) is 2.55. The third-order valence-electron chi connectivity index (χ3n) is 2.69. The molecule has 0 bridgehead atoms. The fourth-order valence-electron chi connectivity index (χ4n) is 1.74. The van der Waals surface area contributed by atoms with Crippen molar-refractivity contribution in [2.24, 2.45) is 0 Å². The lowest BCUT2D eigenvalue weighted by Crippen LogP contribution is -2.34. The number of carbonyl (C=O) groups excluding carboxylic acids is 1. The van der Waals surface area contributed by atoms with Gasteiger partial charge in [0.25, 0.3) is 0 Å². The van der Waals surface area contributed by atoms with Crippen LogP contribution in [0.2, 0.25) is 0 Å². The van der Waals surface area contributed by atoms with Crippen molar-refractivity contribution in [2.45, 2.75) is 0 Å². The Balaban J connectivity index is 0.000000163. The zero-order valence-corrected chi connectivity index (χ0v) is 10.7. The fraction of sp³-hybridized carbons (Fsp3) is 0.188. The van der Waals surface area contributed by atoms with Gasteiger partial charge >= 0.3 is 5.97 Å². The van der Waals surface area contributed by atoms with Gasteiger partial charge in [0.2, 0.25) is 0 Å². The van der Waals surface area contributed by atoms with Crippen LogP contribution in [0.3, 0.4) is 0 Å². The van der Waals surface area contributed by atoms with Crippen molar-refractivity contribution in [1.82, 2.24) is 5.32 Å². The first-order valence-electron chi connectivity index (χ1n) is 6.33. The van der Waals surface area contributed by atoms with E-state index in [-0.39, 0.29) is 5.97 Å². The summed E-state index contributed by atoms with van der Waals surface area (Å²) < 4.78 is 4.58. The molecule has 0 unspecified atom stereocenters. The Morgan fingerprint density at radius 1 is 0.842 bits per heavy atom. The second kappa shape index (κ2) is 7.34. The van der Waals surface area contributed by atoms with Crippen molar-refractivity contribution in [3.05, 3.63) is 60.7 Å². The molecule has 1 aliphatic rings. The smallest absolute Gasteiger partial charge is 0.319 e. The first kappa shape index (κ1) is 13.3. The van der Waals surface area contributed by atoms with Crippen LogP contribution in [0, 0.1) is 0 Å². The summed E-state index contributed by atoms with van der Waals surface area (Å²) in [5, 5.41) is 2.86. The Morgan fingerprint density at radius 3 is 1.68 bits per heavy atom. The monoisotopic (exact) mass is 255 g/mol. The highest BCUT2D eigenvalue weighted by atomic mass is 16.5. The average molecular weight is 255 g/mol. The predicted octanol–water partition coefficient (Wildman–Crippen LogP) is 2.49. The van der Waals surface area contributed by atoms with Gasteiger partial charge in [-0.2, -0.15) is 0 Å². The summed E-state index contributed by atoms with van der Waals surface area (Å²) in [6.45, 7) is 1.70. The number of nitrogens with one attached hydrogen (secondary N) is 1. The molecule has 0 aromatic heterocycles. The van der Waals surface area contributed by atoms with Crippen LogP contribution in [-0.4, -0.2) is 25.7 Å². The second-order valence-corrected chi connectivity index (χ2v) is 4.13. The minimum absolute atomic E-state index is 0.147. The van der Waals surface area contributed by atoms with Gasteiger partial charge in [-0.05, 0) is 11.1 Å². The van der Waals surface area contributed by atoms with Crippen LogP contribution >= 0.6 is 0 Å². The molecule has 19 heavy (non-hydrogen) atoms. The van der Waals surface area contributed by atoms with Gasteiger partial charge in [-0.15, -0.1) is 0 Å². The molecule has 1 heterocycles. The summed E-state index contributed by atoms with van der Waals surface area (Å²) in [7, 11) is 0. The molecule has 0 atom stereocenters. The molecule has 1 aliphatic heterocycles. The van der Waals surface area contributed by atoms with E-state index in [2.05, 4.69) is 58.6 Å². The van der Waals surface area contributed by atoms with Gasteiger partial charge < -0.3 is 10.1 Å². The number of hydrogen-bond donors (Lipinski definition) is 1. The number of carbonyl (C=O) groups is 1. The molecule has 1 saturated heterocycles. The molecule has 0 aliphatic carbocycles. The van der Waals surface area contributed by atoms with Crippen LogP contribution in [0.4, 0.5) is 0 Å². The van der Waals surface area contributed by atoms with E-state index in [1.807, 2.05) is 12.1 Å². The summed E-state index contributed by atoms with van der Waals surface area (Å²) in [4.78, 5) is 10.2. The van der Waals surface area contributed by atoms with Crippen molar-refractivity contribution < 1.29 is 9.53 Å². The first-order valence-corrected chi connectivity index (χ1v) is 6.33. The Bertz CT molecular complexity index is 451. The zero-order chi connectivity index (χ0) is 13.3. The van der Waals surface area contributed by atoms with Crippen molar-refractivity contribution in [3.63, 3.8) is 0 Å². The molecule has 1 fully saturated rings. The third kappa shape index (κ3) is 4.56. The second-order valence-electron chi connectivity index (χ2n) is 4.13. The lowest BCUT2D eigenvalue weighted by atomic mass is 10.1. The van der Waals surface area contributed by atoms with Crippen molar-refractivity contribution in [1.29, 1.82) is 0 Å². The number of esters is 1. The molecule has 98 valence electrons. The summed E-state index contributed by atoms with van der Waals surface area (Å²) in [5.74, 6) is -0.147. The molecule has 2 aromatic carbocycles. The molecular formula is C16H17NO2. The van der Waals surface area contributed by atoms with E-state index in [9.17, 15) is 4.79 Å². The number of ether oxygens (including phenoxy) is 1. The number of hydrogen-bond acceptors (Lipinski definition) is 3. The van der Waals surface area contributed by atoms with Crippen LogP contribution in [0.15, 0.2) is 60.7 Å². The highest BCUT2D eigenvalue weighted by Crippen LogP contribution is 2.17. The van der Waals surface area contributed by atoms with Crippen molar-refractivity contribution >= 4 is 5.97 Å². The molecule has 1 N–H and O–H groups in total. The maximum Gasteiger partial charge on any atom is 0.319 e. The number of rotatable bonds is 1. The van der Waals surface area contributed by atoms with E-state index in [4.69, 9.17) is 0 Å². The largest absolute Gasteiger partial charge is 0.463 e.